The number of likely N-dealkylation sites (tertiary alicyclic amines) is 1. The lowest BCUT2D eigenvalue weighted by Gasteiger charge is -2.21. The number of hydrogen-bond acceptors (Lipinski definition) is 4. The highest BCUT2D eigenvalue weighted by Crippen LogP contribution is 2.37. The second-order valence-electron chi connectivity index (χ2n) is 9.37. The van der Waals surface area contributed by atoms with E-state index in [1.54, 1.807) is 18.5 Å². The van der Waals surface area contributed by atoms with Gasteiger partial charge in [0.25, 0.3) is 11.5 Å². The van der Waals surface area contributed by atoms with Crippen molar-refractivity contribution in [2.75, 3.05) is 27.2 Å². The maximum absolute atomic E-state index is 13.3. The van der Waals surface area contributed by atoms with Crippen LogP contribution in [0.15, 0.2) is 45.9 Å². The number of benzene rings is 1. The Hall–Kier alpha value is -2.86. The maximum Gasteiger partial charge on any atom is 0.257 e. The van der Waals surface area contributed by atoms with Gasteiger partial charge in [-0.1, -0.05) is 20.8 Å². The zero-order valence-corrected chi connectivity index (χ0v) is 18.3. The van der Waals surface area contributed by atoms with Gasteiger partial charge in [0.15, 0.2) is 0 Å². The average Bonchev–Trinajstić information content (AvgIpc) is 3.34. The molecule has 0 bridgehead atoms. The molecule has 3 heterocycles. The molecule has 4 rings (SSSR count). The van der Waals surface area contributed by atoms with Crippen LogP contribution in [-0.2, 0) is 5.41 Å². The van der Waals surface area contributed by atoms with E-state index < -0.39 is 0 Å². The molecule has 0 unspecified atom stereocenters. The molecule has 3 aromatic rings. The van der Waals surface area contributed by atoms with Gasteiger partial charge in [0, 0.05) is 41.8 Å². The Kier molecular flexibility index (Phi) is 5.06. The zero-order chi connectivity index (χ0) is 21.6. The number of amides is 1. The fraction of sp³-hybridized carbons (Fsp3) is 0.417. The Labute approximate surface area is 176 Å². The van der Waals surface area contributed by atoms with Crippen LogP contribution in [0.5, 0.6) is 0 Å². The van der Waals surface area contributed by atoms with E-state index in [2.05, 4.69) is 30.7 Å². The molecule has 1 amide bonds. The number of pyridine rings is 1. The molecule has 1 N–H and O–H groups in total. The van der Waals surface area contributed by atoms with E-state index >= 15 is 0 Å². The van der Waals surface area contributed by atoms with Crippen molar-refractivity contribution in [3.8, 4) is 11.1 Å². The van der Waals surface area contributed by atoms with Gasteiger partial charge in [-0.3, -0.25) is 9.59 Å². The second-order valence-corrected chi connectivity index (χ2v) is 9.37. The molecule has 1 aliphatic heterocycles. The standard InChI is InChI=1S/C24H29N3O3/c1-24(2,3)20-12-15(17-7-6-9-25-22(17)28)11-18-19(14-30-21(18)20)23(29)27-10-8-16(13-27)26(4)5/h6-7,9,11-12,14,16H,8,10,13H2,1-5H3,(H,25,28)/t16-/m0/s1. The Morgan fingerprint density at radius 2 is 2.03 bits per heavy atom. The minimum atomic E-state index is -0.211. The molecule has 1 fully saturated rings. The number of hydrogen-bond donors (Lipinski definition) is 1. The Morgan fingerprint density at radius 1 is 1.27 bits per heavy atom. The number of carbonyl (C=O) groups is 1. The molecular formula is C24H29N3O3. The number of aromatic nitrogens is 1. The largest absolute Gasteiger partial charge is 0.463 e. The number of nitrogens with zero attached hydrogens (tertiary/aromatic N) is 2. The molecule has 6 heteroatoms. The van der Waals surface area contributed by atoms with E-state index in [0.29, 0.717) is 29.3 Å². The SMILES string of the molecule is CN(C)[C@H]1CCN(C(=O)c2coc3c(C(C)(C)C)cc(-c4ccc[nH]c4=O)cc23)C1. The minimum Gasteiger partial charge on any atom is -0.463 e. The molecule has 2 aromatic heterocycles. The fourth-order valence-corrected chi connectivity index (χ4v) is 4.18. The monoisotopic (exact) mass is 407 g/mol. The number of carbonyl (C=O) groups excluding carboxylic acids is 1. The third-order valence-corrected chi connectivity index (χ3v) is 6.02. The van der Waals surface area contributed by atoms with E-state index in [-0.39, 0.29) is 16.9 Å². The summed E-state index contributed by atoms with van der Waals surface area (Å²) in [6, 6.07) is 7.89. The Morgan fingerprint density at radius 3 is 2.67 bits per heavy atom. The van der Waals surface area contributed by atoms with Crippen LogP contribution in [0.3, 0.4) is 0 Å². The van der Waals surface area contributed by atoms with Gasteiger partial charge in [0.1, 0.15) is 11.8 Å². The van der Waals surface area contributed by atoms with Crippen molar-refractivity contribution in [3.63, 3.8) is 0 Å². The number of aromatic amines is 1. The molecule has 30 heavy (non-hydrogen) atoms. The summed E-state index contributed by atoms with van der Waals surface area (Å²) >= 11 is 0. The molecule has 1 saturated heterocycles. The molecule has 6 nitrogen and oxygen atoms in total. The molecule has 1 atom stereocenters. The highest BCUT2D eigenvalue weighted by atomic mass is 16.3. The maximum atomic E-state index is 13.3. The van der Waals surface area contributed by atoms with Gasteiger partial charge in [-0.25, -0.2) is 0 Å². The predicted octanol–water partition coefficient (Wildman–Crippen LogP) is 3.86. The van der Waals surface area contributed by atoms with Crippen molar-refractivity contribution in [3.05, 3.63) is 58.2 Å². The van der Waals surface area contributed by atoms with Crippen LogP contribution in [0.4, 0.5) is 0 Å². The molecule has 0 aliphatic carbocycles. The van der Waals surface area contributed by atoms with Crippen molar-refractivity contribution >= 4 is 16.9 Å². The topological polar surface area (TPSA) is 69.5 Å². The number of H-pyrrole nitrogens is 1. The van der Waals surface area contributed by atoms with E-state index in [1.165, 1.54) is 0 Å². The lowest BCUT2D eigenvalue weighted by molar-refractivity contribution is 0.0784. The predicted molar refractivity (Wildman–Crippen MR) is 119 cm³/mol. The van der Waals surface area contributed by atoms with Crippen molar-refractivity contribution in [2.45, 2.75) is 38.6 Å². The first kappa shape index (κ1) is 20.4. The van der Waals surface area contributed by atoms with E-state index in [1.807, 2.05) is 37.2 Å². The quantitative estimate of drug-likeness (QED) is 0.716. The highest BCUT2D eigenvalue weighted by molar-refractivity contribution is 6.07. The second kappa shape index (κ2) is 7.43. The Balaban J connectivity index is 1.85. The lowest BCUT2D eigenvalue weighted by Crippen LogP contribution is -2.34. The summed E-state index contributed by atoms with van der Waals surface area (Å²) < 4.78 is 5.94. The first-order valence-corrected chi connectivity index (χ1v) is 10.4. The fourth-order valence-electron chi connectivity index (χ4n) is 4.18. The molecule has 0 spiro atoms. The van der Waals surface area contributed by atoms with Crippen molar-refractivity contribution in [2.24, 2.45) is 0 Å². The molecular weight excluding hydrogens is 378 g/mol. The summed E-state index contributed by atoms with van der Waals surface area (Å²) in [6.07, 6.45) is 4.16. The third kappa shape index (κ3) is 3.56. The molecule has 0 radical (unpaired) electrons. The number of fused-ring (bicyclic) bond motifs is 1. The number of furan rings is 1. The summed E-state index contributed by atoms with van der Waals surface area (Å²) in [6.45, 7) is 7.76. The van der Waals surface area contributed by atoms with Crippen molar-refractivity contribution < 1.29 is 9.21 Å². The highest BCUT2D eigenvalue weighted by Gasteiger charge is 2.31. The molecule has 1 aliphatic rings. The summed E-state index contributed by atoms with van der Waals surface area (Å²) in [7, 11) is 4.09. The van der Waals surface area contributed by atoms with Crippen LogP contribution in [-0.4, -0.2) is 53.9 Å². The first-order valence-electron chi connectivity index (χ1n) is 10.4. The van der Waals surface area contributed by atoms with Gasteiger partial charge < -0.3 is 19.2 Å². The van der Waals surface area contributed by atoms with Gasteiger partial charge in [0.05, 0.1) is 5.56 Å². The number of rotatable bonds is 3. The summed E-state index contributed by atoms with van der Waals surface area (Å²) in [5.41, 5.74) is 3.26. The first-order chi connectivity index (χ1) is 14.2. The van der Waals surface area contributed by atoms with Gasteiger partial charge in [-0.15, -0.1) is 0 Å². The van der Waals surface area contributed by atoms with Crippen LogP contribution in [0, 0.1) is 0 Å². The van der Waals surface area contributed by atoms with E-state index in [0.717, 1.165) is 29.5 Å². The van der Waals surface area contributed by atoms with E-state index in [4.69, 9.17) is 4.42 Å². The van der Waals surface area contributed by atoms with Gasteiger partial charge in [-0.05, 0) is 55.8 Å². The number of nitrogens with one attached hydrogen (secondary N) is 1. The average molecular weight is 408 g/mol. The van der Waals surface area contributed by atoms with Gasteiger partial charge >= 0.3 is 0 Å². The summed E-state index contributed by atoms with van der Waals surface area (Å²) in [5.74, 6) is -0.0166. The van der Waals surface area contributed by atoms with Crippen LogP contribution >= 0.6 is 0 Å². The molecule has 1 aromatic carbocycles. The minimum absolute atomic E-state index is 0.0166. The number of likely N-dealkylation sites (N-methyl/N-ethyl adjacent to an activating group) is 1. The smallest absolute Gasteiger partial charge is 0.257 e. The normalized spacial score (nSPS) is 17.3. The summed E-state index contributed by atoms with van der Waals surface area (Å²) in [4.78, 5) is 32.6. The third-order valence-electron chi connectivity index (χ3n) is 6.02. The van der Waals surface area contributed by atoms with Crippen molar-refractivity contribution in [1.82, 2.24) is 14.8 Å². The van der Waals surface area contributed by atoms with Crippen LogP contribution in [0.2, 0.25) is 0 Å². The van der Waals surface area contributed by atoms with E-state index in [9.17, 15) is 9.59 Å². The molecule has 158 valence electrons. The molecule has 0 saturated carbocycles. The Bertz CT molecular complexity index is 1150. The van der Waals surface area contributed by atoms with Crippen LogP contribution in [0.1, 0.15) is 43.1 Å². The van der Waals surface area contributed by atoms with Gasteiger partial charge in [0.2, 0.25) is 0 Å². The summed E-state index contributed by atoms with van der Waals surface area (Å²) in [5, 5.41) is 0.763. The van der Waals surface area contributed by atoms with Crippen molar-refractivity contribution in [1.29, 1.82) is 0 Å². The zero-order valence-electron chi connectivity index (χ0n) is 18.3. The van der Waals surface area contributed by atoms with Crippen LogP contribution in [0.25, 0.3) is 22.1 Å². The lowest BCUT2D eigenvalue weighted by atomic mass is 9.84. The van der Waals surface area contributed by atoms with Crippen LogP contribution < -0.4 is 5.56 Å². The van der Waals surface area contributed by atoms with Gasteiger partial charge in [-0.2, -0.15) is 0 Å².